The molecule has 4 heteroatoms. The number of hydrogen-bond donors (Lipinski definition) is 1. The Bertz CT molecular complexity index is 460. The molecule has 3 rings (SSSR count). The van der Waals surface area contributed by atoms with Crippen LogP contribution < -0.4 is 5.32 Å². The lowest BCUT2D eigenvalue weighted by molar-refractivity contribution is 0.150. The largest absolute Gasteiger partial charge is 0.317 e. The third-order valence-electron chi connectivity index (χ3n) is 4.63. The van der Waals surface area contributed by atoms with E-state index in [0.29, 0.717) is 18.9 Å². The van der Waals surface area contributed by atoms with E-state index in [1.54, 1.807) is 18.2 Å². The van der Waals surface area contributed by atoms with Crippen LogP contribution in [0.25, 0.3) is 0 Å². The van der Waals surface area contributed by atoms with E-state index < -0.39 is 11.5 Å². The highest BCUT2D eigenvalue weighted by atomic mass is 19.1. The molecular formula is C16H22F2N2. The number of alkyl halides is 1. The second kappa shape index (κ2) is 5.78. The Labute approximate surface area is 119 Å². The minimum atomic E-state index is -1.52. The van der Waals surface area contributed by atoms with E-state index >= 15 is 4.39 Å². The van der Waals surface area contributed by atoms with Gasteiger partial charge in [0, 0.05) is 25.2 Å². The van der Waals surface area contributed by atoms with Crippen LogP contribution in [-0.2, 0) is 5.67 Å². The maximum absolute atomic E-state index is 15.0. The molecule has 1 aromatic rings. The molecule has 0 aliphatic carbocycles. The highest BCUT2D eigenvalue weighted by Gasteiger charge is 2.41. The molecule has 2 aliphatic heterocycles. The molecular weight excluding hydrogens is 258 g/mol. The summed E-state index contributed by atoms with van der Waals surface area (Å²) < 4.78 is 28.8. The lowest BCUT2D eigenvalue weighted by Gasteiger charge is -2.28. The van der Waals surface area contributed by atoms with Gasteiger partial charge in [0.05, 0.1) is 0 Å². The van der Waals surface area contributed by atoms with Gasteiger partial charge in [0.1, 0.15) is 5.82 Å². The second-order valence-corrected chi connectivity index (χ2v) is 6.12. The van der Waals surface area contributed by atoms with E-state index in [2.05, 4.69) is 10.2 Å². The zero-order chi connectivity index (χ0) is 14.0. The second-order valence-electron chi connectivity index (χ2n) is 6.12. The summed E-state index contributed by atoms with van der Waals surface area (Å²) in [7, 11) is 0. The molecule has 2 nitrogen and oxygen atoms in total. The molecule has 1 N–H and O–H groups in total. The number of hydrogen-bond acceptors (Lipinski definition) is 2. The highest BCUT2D eigenvalue weighted by Crippen LogP contribution is 2.37. The van der Waals surface area contributed by atoms with Gasteiger partial charge in [0.2, 0.25) is 0 Å². The SMILES string of the molecule is Fc1ccccc1C1(F)CCN(CC2CCNCC2)C1. The molecule has 2 aliphatic rings. The molecule has 0 bridgehead atoms. The quantitative estimate of drug-likeness (QED) is 0.916. The Morgan fingerprint density at radius 2 is 2.00 bits per heavy atom. The van der Waals surface area contributed by atoms with Crippen molar-refractivity contribution in [2.24, 2.45) is 5.92 Å². The van der Waals surface area contributed by atoms with Crippen LogP contribution in [0.1, 0.15) is 24.8 Å². The van der Waals surface area contributed by atoms with Crippen LogP contribution in [0.3, 0.4) is 0 Å². The number of halogens is 2. The Morgan fingerprint density at radius 1 is 1.25 bits per heavy atom. The summed E-state index contributed by atoms with van der Waals surface area (Å²) in [5, 5.41) is 3.35. The topological polar surface area (TPSA) is 15.3 Å². The van der Waals surface area contributed by atoms with Crippen molar-refractivity contribution in [3.63, 3.8) is 0 Å². The Hall–Kier alpha value is -1.00. The lowest BCUT2D eigenvalue weighted by Crippen LogP contribution is -2.36. The van der Waals surface area contributed by atoms with E-state index in [0.717, 1.165) is 39.0 Å². The van der Waals surface area contributed by atoms with Crippen molar-refractivity contribution in [1.29, 1.82) is 0 Å². The third-order valence-corrected chi connectivity index (χ3v) is 4.63. The summed E-state index contributed by atoms with van der Waals surface area (Å²) >= 11 is 0. The lowest BCUT2D eigenvalue weighted by atomic mass is 9.94. The van der Waals surface area contributed by atoms with Crippen LogP contribution in [0.15, 0.2) is 24.3 Å². The molecule has 0 spiro atoms. The monoisotopic (exact) mass is 280 g/mol. The molecule has 0 saturated carbocycles. The highest BCUT2D eigenvalue weighted by molar-refractivity contribution is 5.26. The Kier molecular flexibility index (Phi) is 4.03. The third kappa shape index (κ3) is 2.86. The van der Waals surface area contributed by atoms with E-state index in [4.69, 9.17) is 0 Å². The molecule has 1 atom stereocenters. The van der Waals surface area contributed by atoms with E-state index in [1.807, 2.05) is 0 Å². The van der Waals surface area contributed by atoms with Crippen LogP contribution in [0.5, 0.6) is 0 Å². The number of nitrogens with one attached hydrogen (secondary N) is 1. The van der Waals surface area contributed by atoms with Gasteiger partial charge in [-0.3, -0.25) is 4.90 Å². The standard InChI is InChI=1S/C16H22F2N2/c17-15-4-2-1-3-14(15)16(18)7-10-20(12-16)11-13-5-8-19-9-6-13/h1-4,13,19H,5-12H2. The maximum Gasteiger partial charge on any atom is 0.152 e. The normalized spacial score (nSPS) is 28.9. The summed E-state index contributed by atoms with van der Waals surface area (Å²) in [5.41, 5.74) is -1.29. The van der Waals surface area contributed by atoms with Gasteiger partial charge in [-0.05, 0) is 44.3 Å². The first-order chi connectivity index (χ1) is 9.67. The molecule has 0 radical (unpaired) electrons. The average molecular weight is 280 g/mol. The van der Waals surface area contributed by atoms with E-state index in [-0.39, 0.29) is 5.56 Å². The van der Waals surface area contributed by atoms with Crippen molar-refractivity contribution in [2.45, 2.75) is 24.9 Å². The Morgan fingerprint density at radius 3 is 2.75 bits per heavy atom. The van der Waals surface area contributed by atoms with Gasteiger partial charge in [0.15, 0.2) is 5.67 Å². The summed E-state index contributed by atoms with van der Waals surface area (Å²) in [4.78, 5) is 2.17. The first kappa shape index (κ1) is 14.0. The molecule has 20 heavy (non-hydrogen) atoms. The first-order valence-corrected chi connectivity index (χ1v) is 7.54. The molecule has 2 heterocycles. The number of likely N-dealkylation sites (tertiary alicyclic amines) is 1. The van der Waals surface area contributed by atoms with Crippen LogP contribution >= 0.6 is 0 Å². The summed E-state index contributed by atoms with van der Waals surface area (Å²) in [6.45, 7) is 4.13. The predicted molar refractivity (Wildman–Crippen MR) is 75.8 cm³/mol. The molecule has 2 fully saturated rings. The van der Waals surface area contributed by atoms with Gasteiger partial charge in [0.25, 0.3) is 0 Å². The molecule has 1 aromatic carbocycles. The molecule has 110 valence electrons. The molecule has 0 aromatic heterocycles. The van der Waals surface area contributed by atoms with Gasteiger partial charge < -0.3 is 5.32 Å². The zero-order valence-electron chi connectivity index (χ0n) is 11.7. The van der Waals surface area contributed by atoms with Crippen LogP contribution in [0.4, 0.5) is 8.78 Å². The number of piperidine rings is 1. The van der Waals surface area contributed by atoms with E-state index in [9.17, 15) is 4.39 Å². The van der Waals surface area contributed by atoms with Crippen molar-refractivity contribution >= 4 is 0 Å². The number of nitrogens with zero attached hydrogens (tertiary/aromatic N) is 1. The fourth-order valence-corrected chi connectivity index (χ4v) is 3.48. The Balaban J connectivity index is 1.64. The summed E-state index contributed by atoms with van der Waals surface area (Å²) in [5.74, 6) is 0.234. The van der Waals surface area contributed by atoms with Gasteiger partial charge in [-0.15, -0.1) is 0 Å². The first-order valence-electron chi connectivity index (χ1n) is 7.54. The predicted octanol–water partition coefficient (Wildman–Crippen LogP) is 2.70. The van der Waals surface area contributed by atoms with Gasteiger partial charge in [-0.1, -0.05) is 18.2 Å². The minimum absolute atomic E-state index is 0.229. The van der Waals surface area contributed by atoms with Crippen molar-refractivity contribution in [1.82, 2.24) is 10.2 Å². The van der Waals surface area contributed by atoms with Gasteiger partial charge >= 0.3 is 0 Å². The molecule has 2 saturated heterocycles. The fraction of sp³-hybridized carbons (Fsp3) is 0.625. The van der Waals surface area contributed by atoms with Crippen LogP contribution in [-0.4, -0.2) is 37.6 Å². The minimum Gasteiger partial charge on any atom is -0.317 e. The van der Waals surface area contributed by atoms with Crippen LogP contribution in [0.2, 0.25) is 0 Å². The van der Waals surface area contributed by atoms with Crippen molar-refractivity contribution in [2.75, 3.05) is 32.7 Å². The maximum atomic E-state index is 15.0. The van der Waals surface area contributed by atoms with Gasteiger partial charge in [-0.25, -0.2) is 8.78 Å². The number of rotatable bonds is 3. The smallest absolute Gasteiger partial charge is 0.152 e. The summed E-state index contributed by atoms with van der Waals surface area (Å²) in [6.07, 6.45) is 2.73. The van der Waals surface area contributed by atoms with Crippen molar-refractivity contribution in [3.8, 4) is 0 Å². The molecule has 0 amide bonds. The van der Waals surface area contributed by atoms with Crippen molar-refractivity contribution in [3.05, 3.63) is 35.6 Å². The molecule has 1 unspecified atom stereocenters. The zero-order valence-corrected chi connectivity index (χ0v) is 11.7. The van der Waals surface area contributed by atoms with Crippen molar-refractivity contribution < 1.29 is 8.78 Å². The summed E-state index contributed by atoms with van der Waals surface area (Å²) in [6, 6.07) is 6.27. The fourth-order valence-electron chi connectivity index (χ4n) is 3.48. The van der Waals surface area contributed by atoms with Crippen LogP contribution in [0, 0.1) is 11.7 Å². The van der Waals surface area contributed by atoms with Gasteiger partial charge in [-0.2, -0.15) is 0 Å². The average Bonchev–Trinajstić information content (AvgIpc) is 2.83. The van der Waals surface area contributed by atoms with E-state index in [1.165, 1.54) is 6.07 Å². The number of benzene rings is 1.